The van der Waals surface area contributed by atoms with Gasteiger partial charge in [-0.15, -0.1) is 10.2 Å². The molecule has 0 aliphatic rings. The molecule has 1 amide bonds. The van der Waals surface area contributed by atoms with Crippen LogP contribution < -0.4 is 19.5 Å². The molecule has 31 heavy (non-hydrogen) atoms. The summed E-state index contributed by atoms with van der Waals surface area (Å²) in [6.07, 6.45) is 3.58. The van der Waals surface area contributed by atoms with Gasteiger partial charge in [0.05, 0.1) is 27.9 Å². The molecule has 1 unspecified atom stereocenters. The Bertz CT molecular complexity index is 906. The Kier molecular flexibility index (Phi) is 9.60. The Balaban J connectivity index is 2.03. The van der Waals surface area contributed by atoms with E-state index in [-0.39, 0.29) is 17.1 Å². The van der Waals surface area contributed by atoms with Crippen molar-refractivity contribution < 1.29 is 28.5 Å². The molecule has 1 aromatic carbocycles. The van der Waals surface area contributed by atoms with Gasteiger partial charge in [0.2, 0.25) is 16.8 Å². The van der Waals surface area contributed by atoms with Crippen LogP contribution in [0.2, 0.25) is 0 Å². The van der Waals surface area contributed by atoms with Crippen LogP contribution in [0.4, 0.5) is 5.13 Å². The normalized spacial score (nSPS) is 11.8. The van der Waals surface area contributed by atoms with Crippen molar-refractivity contribution in [3.05, 3.63) is 23.8 Å². The largest absolute Gasteiger partial charge is 0.493 e. The number of carbonyl (C=O) groups excluding carboxylic acids is 2. The van der Waals surface area contributed by atoms with E-state index in [1.165, 1.54) is 50.5 Å². The summed E-state index contributed by atoms with van der Waals surface area (Å²) in [5.41, 5.74) is 0.693. The molecule has 1 aromatic heterocycles. The van der Waals surface area contributed by atoms with E-state index in [4.69, 9.17) is 18.9 Å². The monoisotopic (exact) mass is 467 g/mol. The van der Waals surface area contributed by atoms with Crippen LogP contribution in [0.5, 0.6) is 17.2 Å². The first-order valence-corrected chi connectivity index (χ1v) is 11.1. The number of rotatable bonds is 11. The number of hydrogen-bond donors (Lipinski definition) is 1. The van der Waals surface area contributed by atoms with Gasteiger partial charge in [-0.25, -0.2) is 0 Å². The molecule has 1 N–H and O–H groups in total. The Labute approximate surface area is 189 Å². The van der Waals surface area contributed by atoms with Crippen molar-refractivity contribution >= 4 is 46.2 Å². The average Bonchev–Trinajstić information content (AvgIpc) is 3.21. The van der Waals surface area contributed by atoms with Gasteiger partial charge in [-0.1, -0.05) is 30.0 Å². The minimum Gasteiger partial charge on any atom is -0.493 e. The predicted octanol–water partition coefficient (Wildman–Crippen LogP) is 3.65. The number of hydrogen-bond acceptors (Lipinski definition) is 10. The standard InChI is InChI=1S/C20H25N3O6S2/c1-6-15(18(25)29-7-2)30-20-23-22-19(31-20)21-16(24)9-8-12-10-13(26-3)17(28-5)14(11-12)27-4/h8-11,15H,6-7H2,1-5H3,(H,21,22,24)/b9-8+. The first kappa shape index (κ1) is 24.5. The number of benzene rings is 1. The van der Waals surface area contributed by atoms with Crippen LogP contribution in [0, 0.1) is 0 Å². The van der Waals surface area contributed by atoms with Gasteiger partial charge in [0, 0.05) is 6.08 Å². The van der Waals surface area contributed by atoms with Crippen molar-refractivity contribution in [3.8, 4) is 17.2 Å². The third-order valence-corrected chi connectivity index (χ3v) is 6.18. The number of anilines is 1. The molecular formula is C20H25N3O6S2. The van der Waals surface area contributed by atoms with Crippen molar-refractivity contribution in [1.82, 2.24) is 10.2 Å². The quantitative estimate of drug-likeness (QED) is 0.229. The number of nitrogens with zero attached hydrogens (tertiary/aromatic N) is 2. The van der Waals surface area contributed by atoms with Crippen molar-refractivity contribution in [3.63, 3.8) is 0 Å². The lowest BCUT2D eigenvalue weighted by atomic mass is 10.1. The van der Waals surface area contributed by atoms with Gasteiger partial charge in [-0.05, 0) is 37.1 Å². The summed E-state index contributed by atoms with van der Waals surface area (Å²) in [5, 5.41) is 10.6. The van der Waals surface area contributed by atoms with Crippen LogP contribution in [-0.4, -0.2) is 55.3 Å². The van der Waals surface area contributed by atoms with E-state index in [2.05, 4.69) is 15.5 Å². The summed E-state index contributed by atoms with van der Waals surface area (Å²) in [6.45, 7) is 3.98. The molecule has 2 rings (SSSR count). The third-order valence-electron chi connectivity index (χ3n) is 3.91. The van der Waals surface area contributed by atoms with Gasteiger partial charge in [0.1, 0.15) is 5.25 Å². The maximum Gasteiger partial charge on any atom is 0.319 e. The van der Waals surface area contributed by atoms with Gasteiger partial charge < -0.3 is 18.9 Å². The van der Waals surface area contributed by atoms with Crippen molar-refractivity contribution in [1.29, 1.82) is 0 Å². The second kappa shape index (κ2) is 12.2. The van der Waals surface area contributed by atoms with Gasteiger partial charge in [-0.2, -0.15) is 0 Å². The van der Waals surface area contributed by atoms with Crippen LogP contribution in [0.15, 0.2) is 22.5 Å². The highest BCUT2D eigenvalue weighted by atomic mass is 32.2. The minimum absolute atomic E-state index is 0.288. The number of amides is 1. The van der Waals surface area contributed by atoms with E-state index < -0.39 is 0 Å². The summed E-state index contributed by atoms with van der Waals surface area (Å²) in [4.78, 5) is 24.2. The van der Waals surface area contributed by atoms with Crippen LogP contribution in [0.1, 0.15) is 25.8 Å². The van der Waals surface area contributed by atoms with Gasteiger partial charge in [-0.3, -0.25) is 14.9 Å². The van der Waals surface area contributed by atoms with E-state index in [1.54, 1.807) is 25.1 Å². The minimum atomic E-state index is -0.376. The number of esters is 1. The lowest BCUT2D eigenvalue weighted by Crippen LogP contribution is -2.19. The van der Waals surface area contributed by atoms with E-state index >= 15 is 0 Å². The SMILES string of the molecule is CCOC(=O)C(CC)Sc1nnc(NC(=O)/C=C/c2cc(OC)c(OC)c(OC)c2)s1. The molecule has 0 bridgehead atoms. The van der Waals surface area contributed by atoms with Crippen molar-refractivity contribution in [2.24, 2.45) is 0 Å². The summed E-state index contributed by atoms with van der Waals surface area (Å²) in [6, 6.07) is 3.45. The average molecular weight is 468 g/mol. The molecule has 168 valence electrons. The molecule has 0 aliphatic heterocycles. The highest BCUT2D eigenvalue weighted by molar-refractivity contribution is 8.02. The lowest BCUT2D eigenvalue weighted by Gasteiger charge is -2.12. The van der Waals surface area contributed by atoms with E-state index in [9.17, 15) is 9.59 Å². The van der Waals surface area contributed by atoms with Crippen molar-refractivity contribution in [2.45, 2.75) is 29.9 Å². The number of carbonyl (C=O) groups is 2. The van der Waals surface area contributed by atoms with Crippen molar-refractivity contribution in [2.75, 3.05) is 33.3 Å². The number of ether oxygens (including phenoxy) is 4. The highest BCUT2D eigenvalue weighted by Crippen LogP contribution is 2.38. The fourth-order valence-electron chi connectivity index (χ4n) is 2.48. The Morgan fingerprint density at radius 2 is 1.81 bits per heavy atom. The first-order valence-electron chi connectivity index (χ1n) is 9.41. The first-order chi connectivity index (χ1) is 14.9. The third kappa shape index (κ3) is 6.86. The summed E-state index contributed by atoms with van der Waals surface area (Å²) >= 11 is 2.46. The zero-order chi connectivity index (χ0) is 22.8. The van der Waals surface area contributed by atoms with E-state index in [0.29, 0.717) is 45.3 Å². The van der Waals surface area contributed by atoms with E-state index in [1.807, 2.05) is 6.92 Å². The van der Waals surface area contributed by atoms with Gasteiger partial charge in [0.25, 0.3) is 0 Å². The Morgan fingerprint density at radius 1 is 1.13 bits per heavy atom. The zero-order valence-electron chi connectivity index (χ0n) is 18.0. The molecule has 0 fully saturated rings. The summed E-state index contributed by atoms with van der Waals surface area (Å²) in [7, 11) is 4.56. The molecule has 1 heterocycles. The Morgan fingerprint density at radius 3 is 2.35 bits per heavy atom. The second-order valence-electron chi connectivity index (χ2n) is 5.92. The molecule has 0 saturated carbocycles. The highest BCUT2D eigenvalue weighted by Gasteiger charge is 2.21. The predicted molar refractivity (Wildman–Crippen MR) is 120 cm³/mol. The second-order valence-corrected chi connectivity index (χ2v) is 8.35. The van der Waals surface area contributed by atoms with Gasteiger partial charge >= 0.3 is 5.97 Å². The maximum atomic E-state index is 12.3. The molecule has 11 heteroatoms. The zero-order valence-corrected chi connectivity index (χ0v) is 19.6. The number of nitrogens with one attached hydrogen (secondary N) is 1. The smallest absolute Gasteiger partial charge is 0.319 e. The molecule has 0 spiro atoms. The lowest BCUT2D eigenvalue weighted by molar-refractivity contribution is -0.142. The molecule has 2 aromatic rings. The summed E-state index contributed by atoms with van der Waals surface area (Å²) in [5.74, 6) is 0.779. The van der Waals surface area contributed by atoms with Crippen LogP contribution in [0.25, 0.3) is 6.08 Å². The van der Waals surface area contributed by atoms with Gasteiger partial charge in [0.15, 0.2) is 15.8 Å². The topological polar surface area (TPSA) is 109 Å². The van der Waals surface area contributed by atoms with Crippen LogP contribution >= 0.6 is 23.1 Å². The number of methoxy groups -OCH3 is 3. The Hall–Kier alpha value is -2.79. The molecule has 0 radical (unpaired) electrons. The number of thioether (sulfide) groups is 1. The molecule has 9 nitrogen and oxygen atoms in total. The van der Waals surface area contributed by atoms with Crippen LogP contribution in [-0.2, 0) is 14.3 Å². The van der Waals surface area contributed by atoms with Crippen LogP contribution in [0.3, 0.4) is 0 Å². The fourth-order valence-corrected chi connectivity index (χ4v) is 4.40. The number of aromatic nitrogens is 2. The van der Waals surface area contributed by atoms with E-state index in [0.717, 1.165) is 0 Å². The molecule has 0 saturated heterocycles. The fraction of sp³-hybridized carbons (Fsp3) is 0.400. The maximum absolute atomic E-state index is 12.3. The summed E-state index contributed by atoms with van der Waals surface area (Å²) < 4.78 is 21.5. The molecular weight excluding hydrogens is 442 g/mol. The molecule has 0 aliphatic carbocycles. The molecule has 1 atom stereocenters.